The molecule has 2 atom stereocenters. The summed E-state index contributed by atoms with van der Waals surface area (Å²) < 4.78 is 32.3. The van der Waals surface area contributed by atoms with Crippen molar-refractivity contribution in [2.45, 2.75) is 25.1 Å². The number of benzene rings is 1. The second kappa shape index (κ2) is 8.05. The molecule has 29 heavy (non-hydrogen) atoms. The van der Waals surface area contributed by atoms with Crippen LogP contribution in [0.4, 0.5) is 14.6 Å². The molecule has 1 fully saturated rings. The minimum Gasteiger partial charge on any atom is -0.389 e. The number of aromatic amines is 1. The van der Waals surface area contributed by atoms with Gasteiger partial charge in [-0.3, -0.25) is 9.89 Å². The fourth-order valence-corrected chi connectivity index (χ4v) is 3.14. The maximum atomic E-state index is 13.8. The lowest BCUT2D eigenvalue weighted by atomic mass is 10.1. The van der Waals surface area contributed by atoms with Crippen molar-refractivity contribution < 1.29 is 23.4 Å². The number of aliphatic hydroxyl groups is 1. The predicted octanol–water partition coefficient (Wildman–Crippen LogP) is 1.12. The van der Waals surface area contributed by atoms with Gasteiger partial charge >= 0.3 is 0 Å². The molecule has 1 amide bonds. The van der Waals surface area contributed by atoms with Gasteiger partial charge in [-0.05, 0) is 24.6 Å². The van der Waals surface area contributed by atoms with Gasteiger partial charge in [0.1, 0.15) is 29.5 Å². The third-order valence-corrected chi connectivity index (χ3v) is 4.67. The third kappa shape index (κ3) is 4.00. The van der Waals surface area contributed by atoms with Crippen LogP contribution in [0.15, 0.2) is 24.5 Å². The number of aliphatic hydroxyl groups excluding tert-OH is 1. The Bertz CT molecular complexity index is 1040. The molecule has 1 aliphatic rings. The van der Waals surface area contributed by atoms with E-state index < -0.39 is 23.6 Å². The number of ether oxygens (including phenoxy) is 1. The average Bonchev–Trinajstić information content (AvgIpc) is 3.15. The first kappa shape index (κ1) is 19.2. The van der Waals surface area contributed by atoms with E-state index in [1.54, 1.807) is 0 Å². The molecule has 4 N–H and O–H groups in total. The number of carbonyl (C=O) groups is 1. The summed E-state index contributed by atoms with van der Waals surface area (Å²) in [6.07, 6.45) is 1.13. The van der Waals surface area contributed by atoms with Gasteiger partial charge in [0.05, 0.1) is 24.1 Å². The quantitative estimate of drug-likeness (QED) is 0.502. The van der Waals surface area contributed by atoms with Gasteiger partial charge in [-0.15, -0.1) is 0 Å². The van der Waals surface area contributed by atoms with Crippen LogP contribution in [0, 0.1) is 11.6 Å². The van der Waals surface area contributed by atoms with Crippen LogP contribution in [-0.4, -0.2) is 56.5 Å². The first-order valence-corrected chi connectivity index (χ1v) is 8.96. The van der Waals surface area contributed by atoms with Crippen LogP contribution in [0.25, 0.3) is 11.0 Å². The molecular weight excluding hydrogens is 386 g/mol. The summed E-state index contributed by atoms with van der Waals surface area (Å²) >= 11 is 0. The van der Waals surface area contributed by atoms with Gasteiger partial charge in [-0.1, -0.05) is 0 Å². The molecule has 0 saturated carbocycles. The van der Waals surface area contributed by atoms with E-state index in [0.29, 0.717) is 24.2 Å². The van der Waals surface area contributed by atoms with Crippen LogP contribution in [0.3, 0.4) is 0 Å². The lowest BCUT2D eigenvalue weighted by Gasteiger charge is -2.28. The molecule has 0 spiro atoms. The Morgan fingerprint density at radius 2 is 2.21 bits per heavy atom. The lowest BCUT2D eigenvalue weighted by Crippen LogP contribution is -2.42. The summed E-state index contributed by atoms with van der Waals surface area (Å²) in [5.74, 6) is -1.48. The summed E-state index contributed by atoms with van der Waals surface area (Å²) in [4.78, 5) is 20.8. The van der Waals surface area contributed by atoms with Gasteiger partial charge in [0.2, 0.25) is 0 Å². The number of hydrogen-bond acceptors (Lipinski definition) is 7. The first-order chi connectivity index (χ1) is 14.0. The van der Waals surface area contributed by atoms with E-state index >= 15 is 0 Å². The highest BCUT2D eigenvalue weighted by molar-refractivity contribution is 6.07. The molecule has 0 radical (unpaired) electrons. The number of H-pyrrole nitrogens is 1. The molecule has 0 aliphatic carbocycles. The minimum atomic E-state index is -0.728. The molecule has 1 saturated heterocycles. The summed E-state index contributed by atoms with van der Waals surface area (Å²) in [6.45, 7) is 0.475. The minimum absolute atomic E-state index is 0.0158. The molecule has 0 bridgehead atoms. The summed E-state index contributed by atoms with van der Waals surface area (Å²) in [6, 6.07) is 2.71. The van der Waals surface area contributed by atoms with Crippen molar-refractivity contribution in [3.8, 4) is 0 Å². The number of amides is 1. The van der Waals surface area contributed by atoms with E-state index in [1.165, 1.54) is 6.33 Å². The Morgan fingerprint density at radius 1 is 1.34 bits per heavy atom. The molecular formula is C18H18F2N6O3. The van der Waals surface area contributed by atoms with Crippen molar-refractivity contribution in [3.63, 3.8) is 0 Å². The molecule has 3 aromatic rings. The zero-order valence-corrected chi connectivity index (χ0v) is 15.2. The molecule has 9 nitrogen and oxygen atoms in total. The Hall–Kier alpha value is -3.18. The number of fused-ring (bicyclic) bond motifs is 1. The van der Waals surface area contributed by atoms with E-state index in [-0.39, 0.29) is 36.1 Å². The summed E-state index contributed by atoms with van der Waals surface area (Å²) in [7, 11) is 0. The van der Waals surface area contributed by atoms with Crippen molar-refractivity contribution in [2.75, 3.05) is 18.5 Å². The van der Waals surface area contributed by atoms with Gasteiger partial charge in [0, 0.05) is 18.7 Å². The molecule has 1 aromatic carbocycles. The highest BCUT2D eigenvalue weighted by Crippen LogP contribution is 2.24. The number of halogens is 2. The number of rotatable bonds is 5. The van der Waals surface area contributed by atoms with Crippen molar-refractivity contribution in [2.24, 2.45) is 0 Å². The second-order valence-corrected chi connectivity index (χ2v) is 6.62. The van der Waals surface area contributed by atoms with Crippen LogP contribution in [0.2, 0.25) is 0 Å². The van der Waals surface area contributed by atoms with Crippen LogP contribution in [0.1, 0.15) is 22.5 Å². The third-order valence-electron chi connectivity index (χ3n) is 4.67. The molecule has 4 rings (SSSR count). The fourth-order valence-electron chi connectivity index (χ4n) is 3.14. The highest BCUT2D eigenvalue weighted by atomic mass is 19.1. The SMILES string of the molecule is O=C(NCc1cc(F)ccc1F)c1[nH]nc2ncnc(N[C@@H]3CCOC[C@H]3O)c12. The van der Waals surface area contributed by atoms with E-state index in [1.807, 2.05) is 0 Å². The van der Waals surface area contributed by atoms with E-state index in [4.69, 9.17) is 4.74 Å². The predicted molar refractivity (Wildman–Crippen MR) is 98.1 cm³/mol. The van der Waals surface area contributed by atoms with Crippen molar-refractivity contribution in [1.82, 2.24) is 25.5 Å². The standard InChI is InChI=1S/C18H18F2N6O3/c19-10-1-2-11(20)9(5-10)6-21-18(28)15-14-16(22-8-23-17(14)26-25-15)24-12-3-4-29-7-13(12)27/h1-2,5,8,12-13,27H,3-4,6-7H2,(H,21,28)(H2,22,23,24,25,26)/t12-,13-/m1/s1. The van der Waals surface area contributed by atoms with Crippen molar-refractivity contribution in [3.05, 3.63) is 47.4 Å². The zero-order chi connectivity index (χ0) is 20.4. The van der Waals surface area contributed by atoms with Crippen molar-refractivity contribution >= 4 is 22.8 Å². The monoisotopic (exact) mass is 404 g/mol. The largest absolute Gasteiger partial charge is 0.389 e. The van der Waals surface area contributed by atoms with Gasteiger partial charge in [0.15, 0.2) is 5.65 Å². The molecule has 11 heteroatoms. The van der Waals surface area contributed by atoms with Crippen LogP contribution >= 0.6 is 0 Å². The van der Waals surface area contributed by atoms with Crippen LogP contribution in [0.5, 0.6) is 0 Å². The lowest BCUT2D eigenvalue weighted by molar-refractivity contribution is -0.0135. The Balaban J connectivity index is 1.57. The Kier molecular flexibility index (Phi) is 5.32. The number of nitrogens with zero attached hydrogens (tertiary/aromatic N) is 3. The maximum Gasteiger partial charge on any atom is 0.270 e. The highest BCUT2D eigenvalue weighted by Gasteiger charge is 2.26. The molecule has 3 heterocycles. The van der Waals surface area contributed by atoms with Gasteiger partial charge in [0.25, 0.3) is 5.91 Å². The van der Waals surface area contributed by atoms with E-state index in [2.05, 4.69) is 30.8 Å². The number of nitrogens with one attached hydrogen (secondary N) is 3. The Morgan fingerprint density at radius 3 is 3.03 bits per heavy atom. The topological polar surface area (TPSA) is 125 Å². The average molecular weight is 404 g/mol. The summed E-state index contributed by atoms with van der Waals surface area (Å²) in [5, 5.41) is 22.7. The second-order valence-electron chi connectivity index (χ2n) is 6.62. The zero-order valence-electron chi connectivity index (χ0n) is 15.2. The van der Waals surface area contributed by atoms with E-state index in [9.17, 15) is 18.7 Å². The number of hydrogen-bond donors (Lipinski definition) is 4. The van der Waals surface area contributed by atoms with Crippen LogP contribution in [-0.2, 0) is 11.3 Å². The van der Waals surface area contributed by atoms with Gasteiger partial charge in [-0.25, -0.2) is 18.7 Å². The van der Waals surface area contributed by atoms with Gasteiger partial charge in [-0.2, -0.15) is 5.10 Å². The Labute approximate surface area is 163 Å². The number of carbonyl (C=O) groups excluding carboxylic acids is 1. The molecule has 2 aromatic heterocycles. The fraction of sp³-hybridized carbons (Fsp3) is 0.333. The smallest absolute Gasteiger partial charge is 0.270 e. The number of aromatic nitrogens is 4. The van der Waals surface area contributed by atoms with Crippen molar-refractivity contribution in [1.29, 1.82) is 0 Å². The molecule has 152 valence electrons. The maximum absolute atomic E-state index is 13.8. The van der Waals surface area contributed by atoms with E-state index in [0.717, 1.165) is 18.2 Å². The summed E-state index contributed by atoms with van der Waals surface area (Å²) in [5.41, 5.74) is 0.342. The normalized spacial score (nSPS) is 19.3. The first-order valence-electron chi connectivity index (χ1n) is 8.96. The van der Waals surface area contributed by atoms with Crippen LogP contribution < -0.4 is 10.6 Å². The molecule has 1 aliphatic heterocycles. The van der Waals surface area contributed by atoms with Gasteiger partial charge < -0.3 is 20.5 Å². The molecule has 0 unspecified atom stereocenters. The number of anilines is 1.